The van der Waals surface area contributed by atoms with E-state index in [0.29, 0.717) is 11.5 Å². The first-order chi connectivity index (χ1) is 9.28. The summed E-state index contributed by atoms with van der Waals surface area (Å²) in [6.07, 6.45) is 0. The highest BCUT2D eigenvalue weighted by molar-refractivity contribution is 7.99. The highest BCUT2D eigenvalue weighted by atomic mass is 32.2. The molecular weight excluding hydrogens is 280 g/mol. The molecule has 0 radical (unpaired) electrons. The predicted molar refractivity (Wildman–Crippen MR) is 80.0 cm³/mol. The van der Waals surface area contributed by atoms with E-state index in [-0.39, 0.29) is 5.97 Å². The van der Waals surface area contributed by atoms with Gasteiger partial charge in [-0.3, -0.25) is 4.79 Å². The number of benzene rings is 1. The Kier molecular flexibility index (Phi) is 5.23. The monoisotopic (exact) mass is 294 g/mol. The number of ether oxygens (including phenoxy) is 1. The summed E-state index contributed by atoms with van der Waals surface area (Å²) in [5, 5.41) is 6.10. The number of thioether (sulfide) groups is 1. The molecule has 0 saturated heterocycles. The van der Waals surface area contributed by atoms with Crippen LogP contribution in [0.5, 0.6) is 0 Å². The number of carbonyl (C=O) groups excluding carboxylic acids is 1. The fraction of sp³-hybridized carbons (Fsp3) is 0.231. The van der Waals surface area contributed by atoms with Crippen LogP contribution in [0.1, 0.15) is 5.69 Å². The quantitative estimate of drug-likeness (QED) is 0.828. The van der Waals surface area contributed by atoms with Gasteiger partial charge in [-0.05, 0) is 12.1 Å². The van der Waals surface area contributed by atoms with E-state index in [9.17, 15) is 4.79 Å². The van der Waals surface area contributed by atoms with Crippen molar-refractivity contribution in [3.8, 4) is 0 Å². The van der Waals surface area contributed by atoms with Gasteiger partial charge < -0.3 is 10.1 Å². The zero-order chi connectivity index (χ0) is 13.5. The summed E-state index contributed by atoms with van der Waals surface area (Å²) < 4.78 is 4.58. The largest absolute Gasteiger partial charge is 0.468 e. The summed E-state index contributed by atoms with van der Waals surface area (Å²) >= 11 is 3.06. The molecule has 100 valence electrons. The molecule has 0 bridgehead atoms. The lowest BCUT2D eigenvalue weighted by molar-refractivity contribution is -0.137. The van der Waals surface area contributed by atoms with Crippen LogP contribution < -0.4 is 5.32 Å². The van der Waals surface area contributed by atoms with Crippen molar-refractivity contribution < 1.29 is 9.53 Å². The lowest BCUT2D eigenvalue weighted by Crippen LogP contribution is -2.03. The van der Waals surface area contributed by atoms with Gasteiger partial charge in [0.25, 0.3) is 0 Å². The number of para-hydroxylation sites is 1. The number of thiazole rings is 1. The van der Waals surface area contributed by atoms with E-state index in [4.69, 9.17) is 0 Å². The summed E-state index contributed by atoms with van der Waals surface area (Å²) in [5.41, 5.74) is 1.99. The van der Waals surface area contributed by atoms with Crippen LogP contribution >= 0.6 is 23.1 Å². The number of nitrogens with zero attached hydrogens (tertiary/aromatic N) is 1. The molecule has 0 amide bonds. The third kappa shape index (κ3) is 4.57. The molecule has 0 fully saturated rings. The standard InChI is InChI=1S/C13H14N2O2S2/c1-17-12(16)9-18-7-11-8-19-13(15-11)14-10-5-3-2-4-6-10/h2-6,8H,7,9H2,1H3,(H,14,15). The molecule has 4 nitrogen and oxygen atoms in total. The van der Waals surface area contributed by atoms with Crippen LogP contribution in [0.3, 0.4) is 0 Å². The van der Waals surface area contributed by atoms with E-state index in [1.54, 1.807) is 11.3 Å². The van der Waals surface area contributed by atoms with Gasteiger partial charge in [0.2, 0.25) is 0 Å². The van der Waals surface area contributed by atoms with Gasteiger partial charge in [-0.2, -0.15) is 0 Å². The van der Waals surface area contributed by atoms with Crippen LogP contribution in [0.4, 0.5) is 10.8 Å². The highest BCUT2D eigenvalue weighted by Gasteiger charge is 2.05. The van der Waals surface area contributed by atoms with E-state index in [2.05, 4.69) is 15.0 Å². The highest BCUT2D eigenvalue weighted by Crippen LogP contribution is 2.22. The molecule has 0 spiro atoms. The minimum absolute atomic E-state index is 0.206. The summed E-state index contributed by atoms with van der Waals surface area (Å²) in [6, 6.07) is 9.91. The fourth-order valence-electron chi connectivity index (χ4n) is 1.37. The van der Waals surface area contributed by atoms with E-state index in [1.165, 1.54) is 18.9 Å². The summed E-state index contributed by atoms with van der Waals surface area (Å²) in [4.78, 5) is 15.4. The molecule has 0 aliphatic carbocycles. The number of rotatable bonds is 6. The molecule has 1 N–H and O–H groups in total. The van der Waals surface area contributed by atoms with Gasteiger partial charge >= 0.3 is 5.97 Å². The minimum atomic E-state index is -0.206. The number of anilines is 2. The van der Waals surface area contributed by atoms with Crippen molar-refractivity contribution in [2.45, 2.75) is 5.75 Å². The number of methoxy groups -OCH3 is 1. The lowest BCUT2D eigenvalue weighted by Gasteiger charge is -2.01. The van der Waals surface area contributed by atoms with Crippen molar-refractivity contribution in [3.05, 3.63) is 41.4 Å². The molecule has 0 aliphatic heterocycles. The first kappa shape index (κ1) is 13.9. The number of nitrogens with one attached hydrogen (secondary N) is 1. The van der Waals surface area contributed by atoms with Gasteiger partial charge in [0, 0.05) is 16.8 Å². The van der Waals surface area contributed by atoms with E-state index in [1.807, 2.05) is 35.7 Å². The number of hydrogen-bond donors (Lipinski definition) is 1. The maximum atomic E-state index is 11.0. The normalized spacial score (nSPS) is 10.2. The molecule has 6 heteroatoms. The van der Waals surface area contributed by atoms with Gasteiger partial charge in [-0.1, -0.05) is 18.2 Å². The smallest absolute Gasteiger partial charge is 0.315 e. The average Bonchev–Trinajstić information content (AvgIpc) is 2.87. The summed E-state index contributed by atoms with van der Waals surface area (Å²) in [6.45, 7) is 0. The number of carbonyl (C=O) groups is 1. The van der Waals surface area contributed by atoms with Gasteiger partial charge in [-0.25, -0.2) is 4.98 Å². The van der Waals surface area contributed by atoms with Gasteiger partial charge in [0.05, 0.1) is 18.6 Å². The lowest BCUT2D eigenvalue weighted by atomic mass is 10.3. The first-order valence-electron chi connectivity index (χ1n) is 5.69. The van der Waals surface area contributed by atoms with Crippen molar-refractivity contribution in [1.29, 1.82) is 0 Å². The Bertz CT molecular complexity index is 528. The van der Waals surface area contributed by atoms with Crippen LogP contribution in [0, 0.1) is 0 Å². The number of esters is 1. The zero-order valence-electron chi connectivity index (χ0n) is 10.5. The van der Waals surface area contributed by atoms with Crippen molar-refractivity contribution in [3.63, 3.8) is 0 Å². The first-order valence-corrected chi connectivity index (χ1v) is 7.72. The Morgan fingerprint density at radius 2 is 2.21 bits per heavy atom. The van der Waals surface area contributed by atoms with E-state index < -0.39 is 0 Å². The van der Waals surface area contributed by atoms with Crippen molar-refractivity contribution in [2.24, 2.45) is 0 Å². The van der Waals surface area contributed by atoms with E-state index >= 15 is 0 Å². The Morgan fingerprint density at radius 1 is 1.42 bits per heavy atom. The summed E-state index contributed by atoms with van der Waals surface area (Å²) in [5.74, 6) is 0.861. The van der Waals surface area contributed by atoms with Gasteiger partial charge in [0.15, 0.2) is 5.13 Å². The Hall–Kier alpha value is -1.53. The molecule has 0 unspecified atom stereocenters. The molecule has 2 rings (SSSR count). The molecule has 0 atom stereocenters. The summed E-state index contributed by atoms with van der Waals surface area (Å²) in [7, 11) is 1.40. The molecule has 1 aromatic heterocycles. The maximum absolute atomic E-state index is 11.0. The van der Waals surface area contributed by atoms with Crippen LogP contribution in [0.25, 0.3) is 0 Å². The molecule has 2 aromatic rings. The van der Waals surface area contributed by atoms with E-state index in [0.717, 1.165) is 16.5 Å². The third-order valence-corrected chi connectivity index (χ3v) is 4.02. The second-order valence-corrected chi connectivity index (χ2v) is 5.55. The molecule has 19 heavy (non-hydrogen) atoms. The Balaban J connectivity index is 1.84. The van der Waals surface area contributed by atoms with Crippen molar-refractivity contribution in [2.75, 3.05) is 18.2 Å². The zero-order valence-corrected chi connectivity index (χ0v) is 12.1. The molecular formula is C13H14N2O2S2. The molecule has 1 heterocycles. The topological polar surface area (TPSA) is 51.2 Å². The molecule has 1 aromatic carbocycles. The SMILES string of the molecule is COC(=O)CSCc1csc(Nc2ccccc2)n1. The van der Waals surface area contributed by atoms with Crippen LogP contribution in [-0.2, 0) is 15.3 Å². The number of hydrogen-bond acceptors (Lipinski definition) is 6. The third-order valence-electron chi connectivity index (χ3n) is 2.27. The van der Waals surface area contributed by atoms with Crippen LogP contribution in [0.15, 0.2) is 35.7 Å². The number of aromatic nitrogens is 1. The fourth-order valence-corrected chi connectivity index (χ4v) is 2.95. The molecule has 0 saturated carbocycles. The van der Waals surface area contributed by atoms with Gasteiger partial charge in [0.1, 0.15) is 0 Å². The Labute approximate surface area is 120 Å². The van der Waals surface area contributed by atoms with Crippen molar-refractivity contribution in [1.82, 2.24) is 4.98 Å². The van der Waals surface area contributed by atoms with Crippen molar-refractivity contribution >= 4 is 39.9 Å². The van der Waals surface area contributed by atoms with Gasteiger partial charge in [-0.15, -0.1) is 23.1 Å². The minimum Gasteiger partial charge on any atom is -0.468 e. The Morgan fingerprint density at radius 3 is 2.95 bits per heavy atom. The van der Waals surface area contributed by atoms with Crippen LogP contribution in [0.2, 0.25) is 0 Å². The second-order valence-electron chi connectivity index (χ2n) is 3.70. The second kappa shape index (κ2) is 7.16. The van der Waals surface area contributed by atoms with Crippen LogP contribution in [-0.4, -0.2) is 23.8 Å². The average molecular weight is 294 g/mol. The predicted octanol–water partition coefficient (Wildman–Crippen LogP) is 3.29. The molecule has 0 aliphatic rings. The maximum Gasteiger partial charge on any atom is 0.315 e.